The Morgan fingerprint density at radius 3 is 2.85 bits per heavy atom. The van der Waals surface area contributed by atoms with E-state index in [1.807, 2.05) is 0 Å². The zero-order valence-electron chi connectivity index (χ0n) is 11.8. The molecule has 0 aliphatic heterocycles. The number of hydrogen-bond donors (Lipinski definition) is 1. The minimum Gasteiger partial charge on any atom is -0.477 e. The maximum Gasteiger partial charge on any atom is 0.341 e. The largest absolute Gasteiger partial charge is 0.477 e. The van der Waals surface area contributed by atoms with Crippen LogP contribution in [0, 0.1) is 13.8 Å². The number of ether oxygens (including phenoxy) is 1. The summed E-state index contributed by atoms with van der Waals surface area (Å²) in [6.45, 7) is 6.31. The van der Waals surface area contributed by atoms with E-state index < -0.39 is 5.97 Å². The van der Waals surface area contributed by atoms with Gasteiger partial charge in [-0.1, -0.05) is 6.92 Å². The second-order valence-electron chi connectivity index (χ2n) is 4.57. The van der Waals surface area contributed by atoms with E-state index in [2.05, 4.69) is 17.0 Å². The van der Waals surface area contributed by atoms with E-state index in [-0.39, 0.29) is 5.56 Å². The van der Waals surface area contributed by atoms with Crippen molar-refractivity contribution in [3.05, 3.63) is 35.4 Å². The molecule has 0 saturated heterocycles. The van der Waals surface area contributed by atoms with Crippen molar-refractivity contribution in [2.24, 2.45) is 0 Å². The molecule has 20 heavy (non-hydrogen) atoms. The highest BCUT2D eigenvalue weighted by Crippen LogP contribution is 2.27. The number of carbonyl (C=O) groups is 1. The third kappa shape index (κ3) is 2.96. The molecule has 0 bridgehead atoms. The van der Waals surface area contributed by atoms with Gasteiger partial charge >= 0.3 is 5.97 Å². The predicted molar refractivity (Wildman–Crippen MR) is 73.3 cm³/mol. The third-order valence-corrected chi connectivity index (χ3v) is 2.80. The van der Waals surface area contributed by atoms with Crippen LogP contribution in [0.4, 0.5) is 0 Å². The lowest BCUT2D eigenvalue weighted by Crippen LogP contribution is -2.05. The lowest BCUT2D eigenvalue weighted by Gasteiger charge is -2.10. The first kappa shape index (κ1) is 14.0. The SMILES string of the molecule is CCCn1cc(Oc2cc(C)nc(C)c2C(=O)O)cn1. The molecule has 0 amide bonds. The molecule has 0 saturated carbocycles. The van der Waals surface area contributed by atoms with E-state index in [0.29, 0.717) is 22.9 Å². The summed E-state index contributed by atoms with van der Waals surface area (Å²) in [6, 6.07) is 1.62. The molecule has 106 valence electrons. The van der Waals surface area contributed by atoms with Crippen LogP contribution in [0.25, 0.3) is 0 Å². The highest BCUT2D eigenvalue weighted by molar-refractivity contribution is 5.92. The van der Waals surface area contributed by atoms with Crippen LogP contribution in [-0.4, -0.2) is 25.8 Å². The molecular formula is C14H17N3O3. The smallest absolute Gasteiger partial charge is 0.341 e. The summed E-state index contributed by atoms with van der Waals surface area (Å²) >= 11 is 0. The fourth-order valence-electron chi connectivity index (χ4n) is 2.01. The van der Waals surface area contributed by atoms with Gasteiger partial charge in [-0.15, -0.1) is 0 Å². The molecule has 0 radical (unpaired) electrons. The number of nitrogens with zero attached hydrogens (tertiary/aromatic N) is 3. The van der Waals surface area contributed by atoms with Crippen LogP contribution < -0.4 is 4.74 Å². The number of rotatable bonds is 5. The van der Waals surface area contributed by atoms with Crippen LogP contribution in [-0.2, 0) is 6.54 Å². The minimum atomic E-state index is -1.05. The van der Waals surface area contributed by atoms with E-state index in [1.165, 1.54) is 0 Å². The van der Waals surface area contributed by atoms with Gasteiger partial charge in [-0.05, 0) is 20.3 Å². The molecule has 2 heterocycles. The number of hydrogen-bond acceptors (Lipinski definition) is 4. The summed E-state index contributed by atoms with van der Waals surface area (Å²) in [4.78, 5) is 15.5. The Hall–Kier alpha value is -2.37. The predicted octanol–water partition coefficient (Wildman–Crippen LogP) is 2.80. The summed E-state index contributed by atoms with van der Waals surface area (Å²) in [7, 11) is 0. The van der Waals surface area contributed by atoms with Gasteiger partial charge in [-0.2, -0.15) is 5.10 Å². The Kier molecular flexibility index (Phi) is 4.02. The summed E-state index contributed by atoms with van der Waals surface area (Å²) in [6.07, 6.45) is 4.29. The quantitative estimate of drug-likeness (QED) is 0.907. The van der Waals surface area contributed by atoms with Crippen molar-refractivity contribution < 1.29 is 14.6 Å². The average molecular weight is 275 g/mol. The van der Waals surface area contributed by atoms with Crippen molar-refractivity contribution >= 4 is 5.97 Å². The number of carboxylic acids is 1. The topological polar surface area (TPSA) is 77.2 Å². The van der Waals surface area contributed by atoms with E-state index >= 15 is 0 Å². The van der Waals surface area contributed by atoms with Crippen molar-refractivity contribution in [1.29, 1.82) is 0 Å². The number of aromatic nitrogens is 3. The van der Waals surface area contributed by atoms with E-state index in [9.17, 15) is 9.90 Å². The van der Waals surface area contributed by atoms with Gasteiger partial charge < -0.3 is 9.84 Å². The van der Waals surface area contributed by atoms with Crippen molar-refractivity contribution in [2.45, 2.75) is 33.7 Å². The number of carboxylic acid groups (broad SMARTS) is 1. The highest BCUT2D eigenvalue weighted by Gasteiger charge is 2.17. The van der Waals surface area contributed by atoms with Gasteiger partial charge in [-0.25, -0.2) is 4.79 Å². The Balaban J connectivity index is 2.34. The molecule has 0 spiro atoms. The normalized spacial score (nSPS) is 10.6. The van der Waals surface area contributed by atoms with Gasteiger partial charge in [-0.3, -0.25) is 9.67 Å². The average Bonchev–Trinajstić information content (AvgIpc) is 2.75. The zero-order valence-corrected chi connectivity index (χ0v) is 11.8. The van der Waals surface area contributed by atoms with Gasteiger partial charge in [0.25, 0.3) is 0 Å². The molecule has 6 heteroatoms. The van der Waals surface area contributed by atoms with Crippen LogP contribution in [0.1, 0.15) is 35.1 Å². The van der Waals surface area contributed by atoms with Crippen molar-refractivity contribution in [3.63, 3.8) is 0 Å². The molecule has 0 unspecified atom stereocenters. The summed E-state index contributed by atoms with van der Waals surface area (Å²) in [5.74, 6) is -0.240. The van der Waals surface area contributed by atoms with Crippen LogP contribution in [0.15, 0.2) is 18.5 Å². The molecule has 2 rings (SSSR count). The zero-order chi connectivity index (χ0) is 14.7. The number of aryl methyl sites for hydroxylation is 3. The van der Waals surface area contributed by atoms with Gasteiger partial charge in [0, 0.05) is 18.3 Å². The van der Waals surface area contributed by atoms with E-state index in [1.54, 1.807) is 37.0 Å². The Morgan fingerprint density at radius 1 is 1.45 bits per heavy atom. The van der Waals surface area contributed by atoms with Gasteiger partial charge in [0.15, 0.2) is 5.75 Å². The Labute approximate surface area is 117 Å². The minimum absolute atomic E-state index is 0.0823. The Bertz CT molecular complexity index is 635. The van der Waals surface area contributed by atoms with Crippen LogP contribution >= 0.6 is 0 Å². The van der Waals surface area contributed by atoms with Crippen LogP contribution in [0.5, 0.6) is 11.5 Å². The van der Waals surface area contributed by atoms with Gasteiger partial charge in [0.2, 0.25) is 0 Å². The maximum atomic E-state index is 11.3. The first-order valence-electron chi connectivity index (χ1n) is 6.43. The molecule has 2 aromatic heterocycles. The summed E-state index contributed by atoms with van der Waals surface area (Å²) in [5, 5.41) is 13.4. The molecule has 0 aliphatic rings. The molecule has 1 N–H and O–H groups in total. The summed E-state index contributed by atoms with van der Waals surface area (Å²) in [5.41, 5.74) is 1.23. The fourth-order valence-corrected chi connectivity index (χ4v) is 2.01. The van der Waals surface area contributed by atoms with Crippen molar-refractivity contribution in [3.8, 4) is 11.5 Å². The van der Waals surface area contributed by atoms with Gasteiger partial charge in [0.05, 0.1) is 18.1 Å². The fraction of sp³-hybridized carbons (Fsp3) is 0.357. The second kappa shape index (κ2) is 5.73. The lowest BCUT2D eigenvalue weighted by atomic mass is 10.1. The molecule has 0 atom stereocenters. The molecular weight excluding hydrogens is 258 g/mol. The van der Waals surface area contributed by atoms with Crippen LogP contribution in [0.2, 0.25) is 0 Å². The van der Waals surface area contributed by atoms with Gasteiger partial charge in [0.1, 0.15) is 11.3 Å². The molecule has 0 aliphatic carbocycles. The number of pyridine rings is 1. The first-order valence-corrected chi connectivity index (χ1v) is 6.43. The van der Waals surface area contributed by atoms with Crippen molar-refractivity contribution in [1.82, 2.24) is 14.8 Å². The third-order valence-electron chi connectivity index (χ3n) is 2.80. The second-order valence-corrected chi connectivity index (χ2v) is 4.57. The summed E-state index contributed by atoms with van der Waals surface area (Å²) < 4.78 is 7.42. The first-order chi connectivity index (χ1) is 9.51. The molecule has 6 nitrogen and oxygen atoms in total. The molecule has 0 aromatic carbocycles. The maximum absolute atomic E-state index is 11.3. The van der Waals surface area contributed by atoms with E-state index in [4.69, 9.17) is 4.74 Å². The monoisotopic (exact) mass is 275 g/mol. The molecule has 0 fully saturated rings. The van der Waals surface area contributed by atoms with E-state index in [0.717, 1.165) is 13.0 Å². The molecule has 2 aromatic rings. The van der Waals surface area contributed by atoms with Crippen LogP contribution in [0.3, 0.4) is 0 Å². The highest BCUT2D eigenvalue weighted by atomic mass is 16.5. The Morgan fingerprint density at radius 2 is 2.20 bits per heavy atom. The lowest BCUT2D eigenvalue weighted by molar-refractivity contribution is 0.0693. The van der Waals surface area contributed by atoms with Crippen molar-refractivity contribution in [2.75, 3.05) is 0 Å². The standard InChI is InChI=1S/C14H17N3O3/c1-4-5-17-8-11(7-15-17)20-12-6-9(2)16-10(3)13(12)14(18)19/h6-8H,4-5H2,1-3H3,(H,18,19). The number of aromatic carboxylic acids is 1.